The quantitative estimate of drug-likeness (QED) is 0.806. The molecule has 0 aliphatic heterocycles. The molecule has 0 bridgehead atoms. The van der Waals surface area contributed by atoms with Crippen molar-refractivity contribution in [2.45, 2.75) is 56.6 Å². The van der Waals surface area contributed by atoms with Gasteiger partial charge in [0.15, 0.2) is 0 Å². The molecule has 1 aromatic rings. The Hall–Kier alpha value is -0.380. The van der Waals surface area contributed by atoms with Crippen molar-refractivity contribution in [1.82, 2.24) is 5.32 Å². The number of hydrogen-bond acceptors (Lipinski definition) is 2. The third kappa shape index (κ3) is 3.63. The van der Waals surface area contributed by atoms with Gasteiger partial charge in [-0.1, -0.05) is 59.8 Å². The minimum absolute atomic E-state index is 0.0134. The second-order valence-corrected chi connectivity index (χ2v) is 6.67. The molecule has 1 aliphatic rings. The Labute approximate surface area is 131 Å². The van der Waals surface area contributed by atoms with Crippen LogP contribution in [0.2, 0.25) is 0 Å². The molecule has 1 fully saturated rings. The Balaban J connectivity index is 2.18. The van der Waals surface area contributed by atoms with Crippen LogP contribution >= 0.6 is 15.9 Å². The lowest BCUT2D eigenvalue weighted by Crippen LogP contribution is -2.52. The van der Waals surface area contributed by atoms with Crippen LogP contribution in [0.3, 0.4) is 0 Å². The molecule has 20 heavy (non-hydrogen) atoms. The zero-order valence-corrected chi connectivity index (χ0v) is 14.2. The van der Waals surface area contributed by atoms with Crippen molar-refractivity contribution in [2.75, 3.05) is 14.2 Å². The summed E-state index contributed by atoms with van der Waals surface area (Å²) in [5.41, 5.74) is 1.34. The molecule has 1 N–H and O–H groups in total. The van der Waals surface area contributed by atoms with Gasteiger partial charge >= 0.3 is 0 Å². The maximum absolute atomic E-state index is 6.05. The number of halogens is 1. The number of hydrogen-bond donors (Lipinski definition) is 1. The van der Waals surface area contributed by atoms with Gasteiger partial charge in [-0.15, -0.1) is 0 Å². The molecular formula is C17H26BrNO. The Kier molecular flexibility index (Phi) is 6.06. The van der Waals surface area contributed by atoms with Crippen molar-refractivity contribution in [1.29, 1.82) is 0 Å². The van der Waals surface area contributed by atoms with E-state index in [1.54, 1.807) is 0 Å². The van der Waals surface area contributed by atoms with E-state index in [4.69, 9.17) is 4.74 Å². The minimum atomic E-state index is -0.0134. The van der Waals surface area contributed by atoms with Gasteiger partial charge in [0.1, 0.15) is 0 Å². The van der Waals surface area contributed by atoms with Crippen LogP contribution in [0.1, 0.15) is 44.1 Å². The fourth-order valence-corrected chi connectivity index (χ4v) is 3.90. The molecule has 1 atom stereocenters. The van der Waals surface area contributed by atoms with Gasteiger partial charge in [-0.3, -0.25) is 0 Å². The summed E-state index contributed by atoms with van der Waals surface area (Å²) in [5, 5.41) is 3.52. The predicted octanol–water partition coefficient (Wildman–Crippen LogP) is 4.32. The molecule has 1 aliphatic carbocycles. The van der Waals surface area contributed by atoms with E-state index in [-0.39, 0.29) is 5.60 Å². The fourth-order valence-electron chi connectivity index (χ4n) is 3.46. The van der Waals surface area contributed by atoms with Crippen molar-refractivity contribution < 1.29 is 4.74 Å². The average molecular weight is 340 g/mol. The van der Waals surface area contributed by atoms with Crippen LogP contribution in [0, 0.1) is 0 Å². The highest BCUT2D eigenvalue weighted by molar-refractivity contribution is 9.10. The van der Waals surface area contributed by atoms with E-state index in [2.05, 4.69) is 52.6 Å². The first kappa shape index (κ1) is 16.0. The monoisotopic (exact) mass is 339 g/mol. The normalized spacial score (nSPS) is 20.4. The number of methoxy groups -OCH3 is 1. The van der Waals surface area contributed by atoms with Crippen molar-refractivity contribution in [3.63, 3.8) is 0 Å². The maximum atomic E-state index is 6.05. The number of likely N-dealkylation sites (N-methyl/N-ethyl adjacent to an activating group) is 1. The summed E-state index contributed by atoms with van der Waals surface area (Å²) in [6.45, 7) is 0. The predicted molar refractivity (Wildman–Crippen MR) is 88.1 cm³/mol. The molecule has 0 amide bonds. The second-order valence-electron chi connectivity index (χ2n) is 5.82. The van der Waals surface area contributed by atoms with E-state index in [1.807, 2.05) is 7.11 Å². The summed E-state index contributed by atoms with van der Waals surface area (Å²) in [4.78, 5) is 0. The first-order chi connectivity index (χ1) is 9.72. The summed E-state index contributed by atoms with van der Waals surface area (Å²) in [6, 6.07) is 8.87. The minimum Gasteiger partial charge on any atom is -0.377 e. The number of rotatable bonds is 5. The molecular weight excluding hydrogens is 314 g/mol. The van der Waals surface area contributed by atoms with E-state index >= 15 is 0 Å². The first-order valence-corrected chi connectivity index (χ1v) is 8.47. The van der Waals surface area contributed by atoms with E-state index in [0.717, 1.165) is 6.42 Å². The maximum Gasteiger partial charge on any atom is 0.0834 e. The molecule has 1 aromatic carbocycles. The van der Waals surface area contributed by atoms with Crippen molar-refractivity contribution in [3.05, 3.63) is 34.3 Å². The molecule has 2 rings (SSSR count). The number of benzene rings is 1. The lowest BCUT2D eigenvalue weighted by molar-refractivity contribution is -0.0509. The van der Waals surface area contributed by atoms with Crippen molar-refractivity contribution in [3.8, 4) is 0 Å². The zero-order valence-electron chi connectivity index (χ0n) is 12.6. The van der Waals surface area contributed by atoms with Crippen LogP contribution in [0.15, 0.2) is 28.7 Å². The highest BCUT2D eigenvalue weighted by Gasteiger charge is 2.38. The summed E-state index contributed by atoms with van der Waals surface area (Å²) in [7, 11) is 3.95. The molecule has 112 valence electrons. The zero-order chi connectivity index (χ0) is 14.4. The van der Waals surface area contributed by atoms with Crippen LogP contribution in [-0.4, -0.2) is 25.8 Å². The summed E-state index contributed by atoms with van der Waals surface area (Å²) < 4.78 is 7.24. The van der Waals surface area contributed by atoms with Gasteiger partial charge in [0.05, 0.1) is 5.60 Å². The Morgan fingerprint density at radius 1 is 1.20 bits per heavy atom. The smallest absolute Gasteiger partial charge is 0.0834 e. The molecule has 3 heteroatoms. The first-order valence-electron chi connectivity index (χ1n) is 7.67. The molecule has 1 saturated carbocycles. The second kappa shape index (κ2) is 7.58. The summed E-state index contributed by atoms with van der Waals surface area (Å²) in [6.07, 6.45) is 8.59. The van der Waals surface area contributed by atoms with Gasteiger partial charge in [-0.2, -0.15) is 0 Å². The Morgan fingerprint density at radius 3 is 2.40 bits per heavy atom. The van der Waals surface area contributed by atoms with E-state index < -0.39 is 0 Å². The fraction of sp³-hybridized carbons (Fsp3) is 0.647. The van der Waals surface area contributed by atoms with Gasteiger partial charge in [0, 0.05) is 17.6 Å². The largest absolute Gasteiger partial charge is 0.377 e. The highest BCUT2D eigenvalue weighted by Crippen LogP contribution is 2.35. The van der Waals surface area contributed by atoms with Crippen molar-refractivity contribution >= 4 is 15.9 Å². The van der Waals surface area contributed by atoms with Gasteiger partial charge in [-0.25, -0.2) is 0 Å². The number of ether oxygens (including phenoxy) is 1. The van der Waals surface area contributed by atoms with Crippen LogP contribution in [0.5, 0.6) is 0 Å². The standard InChI is InChI=1S/C17H26BrNO/c1-19-16(13-14-9-5-6-10-15(14)18)17(20-2)11-7-3-4-8-12-17/h5-6,9-10,16,19H,3-4,7-8,11-13H2,1-2H3. The van der Waals surface area contributed by atoms with E-state index in [0.29, 0.717) is 6.04 Å². The molecule has 0 radical (unpaired) electrons. The third-order valence-corrected chi connectivity index (χ3v) is 5.50. The lowest BCUT2D eigenvalue weighted by atomic mass is 9.83. The van der Waals surface area contributed by atoms with Gasteiger partial charge < -0.3 is 10.1 Å². The molecule has 0 aromatic heterocycles. The van der Waals surface area contributed by atoms with Gasteiger partial charge in [0.25, 0.3) is 0 Å². The molecule has 2 nitrogen and oxygen atoms in total. The van der Waals surface area contributed by atoms with Crippen molar-refractivity contribution in [2.24, 2.45) is 0 Å². The van der Waals surface area contributed by atoms with Crippen LogP contribution in [0.25, 0.3) is 0 Å². The van der Waals surface area contributed by atoms with E-state index in [1.165, 1.54) is 48.6 Å². The third-order valence-electron chi connectivity index (χ3n) is 4.72. The highest BCUT2D eigenvalue weighted by atomic mass is 79.9. The van der Waals surface area contributed by atoms with Crippen LogP contribution < -0.4 is 5.32 Å². The summed E-state index contributed by atoms with van der Waals surface area (Å²) in [5.74, 6) is 0. The SMILES string of the molecule is CNC(Cc1ccccc1Br)C1(OC)CCCCCC1. The molecule has 0 heterocycles. The Bertz CT molecular complexity index is 413. The van der Waals surface area contributed by atoms with Crippen LogP contribution in [0.4, 0.5) is 0 Å². The Morgan fingerprint density at radius 2 is 1.85 bits per heavy atom. The topological polar surface area (TPSA) is 21.3 Å². The number of nitrogens with one attached hydrogen (secondary N) is 1. The summed E-state index contributed by atoms with van der Waals surface area (Å²) >= 11 is 3.66. The van der Waals surface area contributed by atoms with Crippen LogP contribution in [-0.2, 0) is 11.2 Å². The molecule has 0 saturated heterocycles. The average Bonchev–Trinajstić information content (AvgIpc) is 2.73. The van der Waals surface area contributed by atoms with Gasteiger partial charge in [0.2, 0.25) is 0 Å². The lowest BCUT2D eigenvalue weighted by Gasteiger charge is -2.39. The molecule has 1 unspecified atom stereocenters. The van der Waals surface area contributed by atoms with E-state index in [9.17, 15) is 0 Å². The molecule has 0 spiro atoms. The van der Waals surface area contributed by atoms with Gasteiger partial charge in [-0.05, 0) is 37.9 Å².